The van der Waals surface area contributed by atoms with E-state index in [-0.39, 0.29) is 5.91 Å². The second-order valence-corrected chi connectivity index (χ2v) is 5.16. The van der Waals surface area contributed by atoms with Crippen LogP contribution in [0.4, 0.5) is 0 Å². The maximum Gasteiger partial charge on any atom is 0.220 e. The molecule has 3 N–H and O–H groups in total. The highest BCUT2D eigenvalue weighted by Gasteiger charge is 2.19. The Kier molecular flexibility index (Phi) is 4.76. The molecule has 1 aliphatic carbocycles. The highest BCUT2D eigenvalue weighted by atomic mass is 16.1. The molecule has 0 aromatic heterocycles. The fraction of sp³-hybridized carbons (Fsp3) is 0.533. The highest BCUT2D eigenvalue weighted by Crippen LogP contribution is 2.17. The molecule has 2 rings (SSSR count). The highest BCUT2D eigenvalue weighted by molar-refractivity contribution is 5.76. The molecule has 0 unspecified atom stereocenters. The maximum atomic E-state index is 11.8. The van der Waals surface area contributed by atoms with Gasteiger partial charge in [0.1, 0.15) is 0 Å². The Labute approximate surface area is 109 Å². The van der Waals surface area contributed by atoms with Gasteiger partial charge in [0.25, 0.3) is 0 Å². The molecule has 1 saturated carbocycles. The summed E-state index contributed by atoms with van der Waals surface area (Å²) in [6.07, 6.45) is 5.51. The normalized spacial score (nSPS) is 23.6. The fourth-order valence-electron chi connectivity index (χ4n) is 2.47. The summed E-state index contributed by atoms with van der Waals surface area (Å²) in [4.78, 5) is 11.8. The van der Waals surface area contributed by atoms with Crippen molar-refractivity contribution in [3.63, 3.8) is 0 Å². The molecule has 0 heterocycles. The largest absolute Gasteiger partial charge is 0.353 e. The third-order valence-electron chi connectivity index (χ3n) is 3.62. The topological polar surface area (TPSA) is 55.1 Å². The molecule has 0 bridgehead atoms. The van der Waals surface area contributed by atoms with Crippen molar-refractivity contribution < 1.29 is 4.79 Å². The fourth-order valence-corrected chi connectivity index (χ4v) is 2.47. The SMILES string of the molecule is NC1CCC(NC(=O)CCc2ccccc2)CC1. The molecular formula is C15H22N2O. The lowest BCUT2D eigenvalue weighted by atomic mass is 9.92. The van der Waals surface area contributed by atoms with Gasteiger partial charge in [0.15, 0.2) is 0 Å². The van der Waals surface area contributed by atoms with E-state index in [9.17, 15) is 4.79 Å². The molecule has 0 radical (unpaired) electrons. The van der Waals surface area contributed by atoms with Crippen LogP contribution < -0.4 is 11.1 Å². The van der Waals surface area contributed by atoms with E-state index in [4.69, 9.17) is 5.73 Å². The van der Waals surface area contributed by atoms with Crippen LogP contribution in [0.5, 0.6) is 0 Å². The molecule has 98 valence electrons. The van der Waals surface area contributed by atoms with E-state index in [0.29, 0.717) is 18.5 Å². The first-order valence-corrected chi connectivity index (χ1v) is 6.83. The first-order valence-electron chi connectivity index (χ1n) is 6.83. The smallest absolute Gasteiger partial charge is 0.220 e. The summed E-state index contributed by atoms with van der Waals surface area (Å²) in [7, 11) is 0. The molecule has 0 spiro atoms. The summed E-state index contributed by atoms with van der Waals surface area (Å²) in [5.74, 6) is 0.166. The Hall–Kier alpha value is -1.35. The molecule has 0 saturated heterocycles. The molecular weight excluding hydrogens is 224 g/mol. The molecule has 1 amide bonds. The van der Waals surface area contributed by atoms with Crippen molar-refractivity contribution in [2.75, 3.05) is 0 Å². The summed E-state index contributed by atoms with van der Waals surface area (Å²) < 4.78 is 0. The predicted octanol–water partition coefficient (Wildman–Crippen LogP) is 2.01. The minimum Gasteiger partial charge on any atom is -0.353 e. The number of aryl methyl sites for hydroxylation is 1. The van der Waals surface area contributed by atoms with Crippen molar-refractivity contribution in [1.82, 2.24) is 5.32 Å². The number of hydrogen-bond acceptors (Lipinski definition) is 2. The summed E-state index contributed by atoms with van der Waals surface area (Å²) in [5, 5.41) is 3.12. The Bertz CT molecular complexity index is 369. The number of carbonyl (C=O) groups excluding carboxylic acids is 1. The van der Waals surface area contributed by atoms with Crippen molar-refractivity contribution >= 4 is 5.91 Å². The Morgan fingerprint density at radius 2 is 1.83 bits per heavy atom. The van der Waals surface area contributed by atoms with E-state index >= 15 is 0 Å². The van der Waals surface area contributed by atoms with Gasteiger partial charge in [-0.3, -0.25) is 4.79 Å². The van der Waals surface area contributed by atoms with Crippen LogP contribution in [0.3, 0.4) is 0 Å². The van der Waals surface area contributed by atoms with Gasteiger partial charge in [-0.25, -0.2) is 0 Å². The predicted molar refractivity (Wildman–Crippen MR) is 73.1 cm³/mol. The first kappa shape index (κ1) is 13.1. The van der Waals surface area contributed by atoms with Gasteiger partial charge in [0.2, 0.25) is 5.91 Å². The monoisotopic (exact) mass is 246 g/mol. The second-order valence-electron chi connectivity index (χ2n) is 5.16. The average molecular weight is 246 g/mol. The van der Waals surface area contributed by atoms with Crippen molar-refractivity contribution in [3.05, 3.63) is 35.9 Å². The van der Waals surface area contributed by atoms with Gasteiger partial charge in [-0.05, 0) is 37.7 Å². The van der Waals surface area contributed by atoms with Crippen LogP contribution in [0.25, 0.3) is 0 Å². The zero-order valence-corrected chi connectivity index (χ0v) is 10.8. The van der Waals surface area contributed by atoms with Gasteiger partial charge in [-0.15, -0.1) is 0 Å². The number of nitrogens with one attached hydrogen (secondary N) is 1. The van der Waals surface area contributed by atoms with Gasteiger partial charge in [-0.1, -0.05) is 30.3 Å². The van der Waals surface area contributed by atoms with Crippen LogP contribution in [0.15, 0.2) is 30.3 Å². The van der Waals surface area contributed by atoms with Crippen LogP contribution >= 0.6 is 0 Å². The van der Waals surface area contributed by atoms with Crippen LogP contribution in [-0.4, -0.2) is 18.0 Å². The molecule has 1 aliphatic rings. The summed E-state index contributed by atoms with van der Waals surface area (Å²) in [5.41, 5.74) is 7.07. The molecule has 1 fully saturated rings. The summed E-state index contributed by atoms with van der Waals surface area (Å²) in [6.45, 7) is 0. The zero-order chi connectivity index (χ0) is 12.8. The van der Waals surface area contributed by atoms with Crippen LogP contribution in [-0.2, 0) is 11.2 Å². The number of amides is 1. The summed E-state index contributed by atoms with van der Waals surface area (Å²) in [6, 6.07) is 10.8. The third-order valence-corrected chi connectivity index (χ3v) is 3.62. The molecule has 3 nitrogen and oxygen atoms in total. The van der Waals surface area contributed by atoms with Crippen LogP contribution in [0, 0.1) is 0 Å². The van der Waals surface area contributed by atoms with Crippen LogP contribution in [0.2, 0.25) is 0 Å². The van der Waals surface area contributed by atoms with Gasteiger partial charge >= 0.3 is 0 Å². The lowest BCUT2D eigenvalue weighted by molar-refractivity contribution is -0.122. The van der Waals surface area contributed by atoms with E-state index in [1.165, 1.54) is 5.56 Å². The average Bonchev–Trinajstić information content (AvgIpc) is 2.40. The lowest BCUT2D eigenvalue weighted by Gasteiger charge is -2.26. The lowest BCUT2D eigenvalue weighted by Crippen LogP contribution is -2.40. The Morgan fingerprint density at radius 3 is 2.50 bits per heavy atom. The van der Waals surface area contributed by atoms with E-state index < -0.39 is 0 Å². The number of benzene rings is 1. The standard InChI is InChI=1S/C15H22N2O/c16-13-7-9-14(10-8-13)17-15(18)11-6-12-4-2-1-3-5-12/h1-5,13-14H,6-11,16H2,(H,17,18). The minimum atomic E-state index is 0.166. The van der Waals surface area contributed by atoms with Crippen LogP contribution in [0.1, 0.15) is 37.7 Å². The van der Waals surface area contributed by atoms with E-state index in [1.807, 2.05) is 18.2 Å². The quantitative estimate of drug-likeness (QED) is 0.854. The number of rotatable bonds is 4. The summed E-state index contributed by atoms with van der Waals surface area (Å²) >= 11 is 0. The number of hydrogen-bond donors (Lipinski definition) is 2. The molecule has 0 aliphatic heterocycles. The zero-order valence-electron chi connectivity index (χ0n) is 10.8. The third kappa shape index (κ3) is 4.15. The second kappa shape index (κ2) is 6.55. The van der Waals surface area contributed by atoms with Crippen molar-refractivity contribution in [3.8, 4) is 0 Å². The van der Waals surface area contributed by atoms with Crippen molar-refractivity contribution in [2.24, 2.45) is 5.73 Å². The molecule has 18 heavy (non-hydrogen) atoms. The Balaban J connectivity index is 1.69. The first-order chi connectivity index (χ1) is 8.74. The molecule has 3 heteroatoms. The molecule has 0 atom stereocenters. The number of carbonyl (C=O) groups is 1. The molecule has 1 aromatic carbocycles. The van der Waals surface area contributed by atoms with Gasteiger partial charge in [-0.2, -0.15) is 0 Å². The maximum absolute atomic E-state index is 11.8. The minimum absolute atomic E-state index is 0.166. The Morgan fingerprint density at radius 1 is 1.17 bits per heavy atom. The van der Waals surface area contributed by atoms with E-state index in [1.54, 1.807) is 0 Å². The van der Waals surface area contributed by atoms with E-state index in [2.05, 4.69) is 17.4 Å². The van der Waals surface area contributed by atoms with Gasteiger partial charge < -0.3 is 11.1 Å². The van der Waals surface area contributed by atoms with Crippen molar-refractivity contribution in [2.45, 2.75) is 50.6 Å². The van der Waals surface area contributed by atoms with E-state index in [0.717, 1.165) is 32.1 Å². The number of nitrogens with two attached hydrogens (primary N) is 1. The van der Waals surface area contributed by atoms with Gasteiger partial charge in [0, 0.05) is 18.5 Å². The molecule has 1 aromatic rings. The van der Waals surface area contributed by atoms with Crippen molar-refractivity contribution in [1.29, 1.82) is 0 Å². The van der Waals surface area contributed by atoms with Gasteiger partial charge in [0.05, 0.1) is 0 Å².